The third-order valence-corrected chi connectivity index (χ3v) is 4.43. The van der Waals surface area contributed by atoms with Gasteiger partial charge in [-0.3, -0.25) is 0 Å². The molecule has 0 aliphatic carbocycles. The summed E-state index contributed by atoms with van der Waals surface area (Å²) in [7, 11) is 4.82. The Labute approximate surface area is 187 Å². The third-order valence-electron chi connectivity index (χ3n) is 4.43. The zero-order valence-corrected chi connectivity index (χ0v) is 18.6. The molecule has 0 aliphatic heterocycles. The van der Waals surface area contributed by atoms with E-state index >= 15 is 0 Å². The molecule has 0 amide bonds. The fourth-order valence-corrected chi connectivity index (χ4v) is 2.85. The zero-order chi connectivity index (χ0) is 23.3. The van der Waals surface area contributed by atoms with Gasteiger partial charge in [-0.2, -0.15) is 0 Å². The van der Waals surface area contributed by atoms with Crippen LogP contribution in [0.1, 0.15) is 6.92 Å². The van der Waals surface area contributed by atoms with E-state index in [1.54, 1.807) is 24.9 Å². The molecule has 0 bridgehead atoms. The molecule has 32 heavy (non-hydrogen) atoms. The van der Waals surface area contributed by atoms with Crippen LogP contribution in [0.3, 0.4) is 0 Å². The number of aromatic nitrogens is 2. The van der Waals surface area contributed by atoms with Crippen LogP contribution >= 0.6 is 0 Å². The first-order chi connectivity index (χ1) is 15.6. The van der Waals surface area contributed by atoms with Gasteiger partial charge in [0.05, 0.1) is 32.6 Å². The monoisotopic (exact) mass is 438 g/mol. The number of anilines is 1. The number of hydrogen-bond donors (Lipinski definition) is 0. The lowest BCUT2D eigenvalue weighted by Crippen LogP contribution is -2.30. The van der Waals surface area contributed by atoms with Crippen molar-refractivity contribution >= 4 is 41.0 Å². The van der Waals surface area contributed by atoms with Crippen LogP contribution in [-0.4, -0.2) is 63.6 Å². The van der Waals surface area contributed by atoms with E-state index in [0.29, 0.717) is 44.2 Å². The summed E-state index contributed by atoms with van der Waals surface area (Å²) in [6.07, 6.45) is 1.31. The fraction of sp³-hybridized carbons (Fsp3) is 0.429. The molecular formula is C21H26N8O3. The van der Waals surface area contributed by atoms with Gasteiger partial charge in [0, 0.05) is 33.0 Å². The lowest BCUT2D eigenvalue weighted by atomic mass is 10.2. The Bertz CT molecular complexity index is 1020. The Kier molecular flexibility index (Phi) is 9.78. The smallest absolute Gasteiger partial charge is 0.416 e. The molecule has 0 fully saturated rings. The van der Waals surface area contributed by atoms with Crippen LogP contribution in [-0.2, 0) is 20.8 Å². The Hall–Kier alpha value is -3.80. The Balaban J connectivity index is 2.44. The van der Waals surface area contributed by atoms with E-state index < -0.39 is 0 Å². The lowest BCUT2D eigenvalue weighted by molar-refractivity contribution is 0.190. The maximum absolute atomic E-state index is 7.30. The molecule has 2 aromatic rings. The molecular weight excluding hydrogens is 412 g/mol. The third kappa shape index (κ3) is 6.11. The van der Waals surface area contributed by atoms with E-state index in [4.69, 9.17) is 27.4 Å². The molecule has 0 atom stereocenters. The molecule has 0 saturated heterocycles. The number of methoxy groups -OCH3 is 3. The second-order valence-corrected chi connectivity index (χ2v) is 6.34. The molecule has 168 valence electrons. The molecule has 1 aromatic heterocycles. The predicted octanol–water partition coefficient (Wildman–Crippen LogP) is 4.83. The van der Waals surface area contributed by atoms with Crippen molar-refractivity contribution in [2.75, 3.05) is 52.5 Å². The molecule has 11 heteroatoms. The van der Waals surface area contributed by atoms with Gasteiger partial charge in [-0.1, -0.05) is 23.2 Å². The van der Waals surface area contributed by atoms with Gasteiger partial charge in [-0.25, -0.2) is 9.56 Å². The van der Waals surface area contributed by atoms with Crippen molar-refractivity contribution in [1.29, 1.82) is 0 Å². The highest BCUT2D eigenvalue weighted by Gasteiger charge is 2.21. The summed E-state index contributed by atoms with van der Waals surface area (Å²) in [6.45, 7) is 19.3. The van der Waals surface area contributed by atoms with Crippen molar-refractivity contribution < 1.29 is 14.2 Å². The second-order valence-electron chi connectivity index (χ2n) is 6.34. The number of ether oxygens (including phenoxy) is 3. The predicted molar refractivity (Wildman–Crippen MR) is 122 cm³/mol. The fourth-order valence-electron chi connectivity index (χ4n) is 2.85. The molecule has 0 spiro atoms. The van der Waals surface area contributed by atoms with Crippen molar-refractivity contribution in [3.63, 3.8) is 0 Å². The second kappa shape index (κ2) is 12.8. The van der Waals surface area contributed by atoms with Crippen LogP contribution < -0.4 is 4.90 Å². The Morgan fingerprint density at radius 2 is 1.78 bits per heavy atom. The summed E-state index contributed by atoms with van der Waals surface area (Å²) in [5, 5.41) is 8.47. The highest BCUT2D eigenvalue weighted by molar-refractivity contribution is 5.72. The van der Waals surface area contributed by atoms with Gasteiger partial charge >= 0.3 is 5.95 Å². The van der Waals surface area contributed by atoms with Gasteiger partial charge in [-0.05, 0) is 25.1 Å². The van der Waals surface area contributed by atoms with E-state index in [-0.39, 0.29) is 17.6 Å². The molecule has 11 nitrogen and oxygen atoms in total. The normalized spacial score (nSPS) is 11.1. The largest absolute Gasteiger partial charge is 0.486 e. The highest BCUT2D eigenvalue weighted by Crippen LogP contribution is 2.36. The minimum Gasteiger partial charge on any atom is -0.486 e. The zero-order valence-electron chi connectivity index (χ0n) is 18.6. The molecule has 2 rings (SSSR count). The molecule has 0 aliphatic rings. The minimum atomic E-state index is 0.00991. The summed E-state index contributed by atoms with van der Waals surface area (Å²) < 4.78 is 17.0. The van der Waals surface area contributed by atoms with E-state index in [1.807, 2.05) is 19.1 Å². The van der Waals surface area contributed by atoms with Crippen molar-refractivity contribution in [2.24, 2.45) is 15.2 Å². The van der Waals surface area contributed by atoms with Crippen LogP contribution in [0.15, 0.2) is 33.4 Å². The molecule has 0 radical (unpaired) electrons. The SMILES string of the molecule is [C-]#[N+]c1nc(N=Nc2ccc(N(CCOC)CCOC)cc2N=COC)n(CC)c1[N+]#[C-]. The topological polar surface area (TPSA) is 94.5 Å². The van der Waals surface area contributed by atoms with Crippen LogP contribution in [0.25, 0.3) is 9.69 Å². The van der Waals surface area contributed by atoms with Crippen molar-refractivity contribution in [3.8, 4) is 0 Å². The highest BCUT2D eigenvalue weighted by atomic mass is 16.5. The van der Waals surface area contributed by atoms with Gasteiger partial charge in [0.15, 0.2) is 6.40 Å². The van der Waals surface area contributed by atoms with Crippen molar-refractivity contribution in [1.82, 2.24) is 9.55 Å². The van der Waals surface area contributed by atoms with Crippen LogP contribution in [0.2, 0.25) is 0 Å². The van der Waals surface area contributed by atoms with E-state index in [2.05, 4.69) is 34.8 Å². The summed E-state index contributed by atoms with van der Waals surface area (Å²) in [4.78, 5) is 17.3. The number of hydrogen-bond acceptors (Lipinski definition) is 8. The molecule has 0 unspecified atom stereocenters. The summed E-state index contributed by atoms with van der Waals surface area (Å²) in [5.41, 5.74) is 1.94. The Morgan fingerprint density at radius 3 is 2.34 bits per heavy atom. The van der Waals surface area contributed by atoms with Crippen LogP contribution in [0.4, 0.5) is 34.6 Å². The first-order valence-electron chi connectivity index (χ1n) is 9.82. The standard InChI is InChI=1S/C21H26N8O3/c1-7-29-20(23-3)19(22-2)25-21(29)27-26-17-9-8-16(14-18(17)24-15-32-6)28(10-12-30-4)11-13-31-5/h8-9,14-15H,7,10-13H2,1,4-6H3. The van der Waals surface area contributed by atoms with Crippen LogP contribution in [0, 0.1) is 13.1 Å². The van der Waals surface area contributed by atoms with Gasteiger partial charge in [0.2, 0.25) is 0 Å². The number of aliphatic imine (C=N–C) groups is 1. The maximum atomic E-state index is 7.30. The average molecular weight is 438 g/mol. The van der Waals surface area contributed by atoms with E-state index in [0.717, 1.165) is 5.69 Å². The minimum absolute atomic E-state index is 0.00991. The van der Waals surface area contributed by atoms with Gasteiger partial charge in [0.1, 0.15) is 5.69 Å². The number of imidazole rings is 1. The molecule has 0 N–H and O–H groups in total. The molecule has 0 saturated carbocycles. The number of rotatable bonds is 12. The summed E-state index contributed by atoms with van der Waals surface area (Å²) in [6, 6.07) is 5.57. The molecule has 1 aromatic carbocycles. The number of azo groups is 1. The first kappa shape index (κ1) is 24.5. The van der Waals surface area contributed by atoms with Gasteiger partial charge in [-0.15, -0.1) is 5.11 Å². The maximum Gasteiger partial charge on any atom is 0.416 e. The van der Waals surface area contributed by atoms with Gasteiger partial charge in [0.25, 0.3) is 11.6 Å². The van der Waals surface area contributed by atoms with Crippen molar-refractivity contribution in [2.45, 2.75) is 13.5 Å². The average Bonchev–Trinajstić information content (AvgIpc) is 3.18. The first-order valence-corrected chi connectivity index (χ1v) is 9.82. The summed E-state index contributed by atoms with van der Waals surface area (Å²) in [5.74, 6) is 0.351. The van der Waals surface area contributed by atoms with E-state index in [1.165, 1.54) is 13.5 Å². The number of nitrogens with zero attached hydrogens (tertiary/aromatic N) is 8. The molecule has 1 heterocycles. The van der Waals surface area contributed by atoms with Crippen LogP contribution in [0.5, 0.6) is 0 Å². The van der Waals surface area contributed by atoms with Crippen molar-refractivity contribution in [3.05, 3.63) is 41.0 Å². The number of benzene rings is 1. The summed E-state index contributed by atoms with van der Waals surface area (Å²) >= 11 is 0. The van der Waals surface area contributed by atoms with Gasteiger partial charge < -0.3 is 28.8 Å². The quantitative estimate of drug-likeness (QED) is 0.205. The van der Waals surface area contributed by atoms with E-state index in [9.17, 15) is 0 Å². The Morgan fingerprint density at radius 1 is 1.06 bits per heavy atom. The lowest BCUT2D eigenvalue weighted by Gasteiger charge is -2.24.